The third kappa shape index (κ3) is 2.29. The molecular formula is C13H9N5OS. The summed E-state index contributed by atoms with van der Waals surface area (Å²) in [6, 6.07) is 9.17. The number of hydrogen-bond acceptors (Lipinski definition) is 6. The highest BCUT2D eigenvalue weighted by Gasteiger charge is 2.14. The van der Waals surface area contributed by atoms with Gasteiger partial charge in [-0.1, -0.05) is 0 Å². The summed E-state index contributed by atoms with van der Waals surface area (Å²) in [5.74, 6) is 1.32. The summed E-state index contributed by atoms with van der Waals surface area (Å²) in [5.41, 5.74) is 0.531. The highest BCUT2D eigenvalue weighted by molar-refractivity contribution is 7.99. The van der Waals surface area contributed by atoms with Gasteiger partial charge in [0.2, 0.25) is 0 Å². The van der Waals surface area contributed by atoms with E-state index in [1.807, 2.05) is 23.8 Å². The van der Waals surface area contributed by atoms with Crippen LogP contribution >= 0.6 is 11.8 Å². The van der Waals surface area contributed by atoms with Crippen molar-refractivity contribution in [2.45, 2.75) is 10.2 Å². The summed E-state index contributed by atoms with van der Waals surface area (Å²) in [6.45, 7) is 0. The Morgan fingerprint density at radius 1 is 1.30 bits per heavy atom. The Morgan fingerprint density at radius 3 is 2.85 bits per heavy atom. The average molecular weight is 283 g/mol. The minimum absolute atomic E-state index is 0.531. The molecule has 0 saturated heterocycles. The van der Waals surface area contributed by atoms with E-state index in [0.29, 0.717) is 22.3 Å². The molecule has 0 fully saturated rings. The van der Waals surface area contributed by atoms with E-state index in [1.165, 1.54) is 18.0 Å². The fraction of sp³-hybridized carbons (Fsp3) is 0.0769. The molecule has 3 aromatic heterocycles. The Bertz CT molecular complexity index is 755. The Morgan fingerprint density at radius 2 is 2.20 bits per heavy atom. The Hall–Kier alpha value is -2.59. The van der Waals surface area contributed by atoms with Crippen LogP contribution in [0.2, 0.25) is 0 Å². The van der Waals surface area contributed by atoms with Crippen LogP contribution in [0.1, 0.15) is 5.56 Å². The molecule has 0 bridgehead atoms. The number of nitrogens with zero attached hydrogens (tertiary/aromatic N) is 5. The Kier molecular flexibility index (Phi) is 3.23. The lowest BCUT2D eigenvalue weighted by Crippen LogP contribution is -1.94. The van der Waals surface area contributed by atoms with Gasteiger partial charge in [-0.25, -0.2) is 4.98 Å². The lowest BCUT2D eigenvalue weighted by molar-refractivity contribution is 0.572. The first-order valence-corrected chi connectivity index (χ1v) is 6.57. The second-order valence-corrected chi connectivity index (χ2v) is 4.93. The summed E-state index contributed by atoms with van der Waals surface area (Å²) in [7, 11) is 1.86. The van der Waals surface area contributed by atoms with Gasteiger partial charge in [-0.2, -0.15) is 5.26 Å². The van der Waals surface area contributed by atoms with Crippen molar-refractivity contribution in [1.82, 2.24) is 19.7 Å². The quantitative estimate of drug-likeness (QED) is 0.734. The maximum absolute atomic E-state index is 8.74. The fourth-order valence-corrected chi connectivity index (χ4v) is 2.36. The van der Waals surface area contributed by atoms with Gasteiger partial charge in [0.25, 0.3) is 0 Å². The monoisotopic (exact) mass is 283 g/mol. The molecule has 0 aromatic carbocycles. The van der Waals surface area contributed by atoms with Gasteiger partial charge in [-0.15, -0.1) is 10.2 Å². The number of nitriles is 1. The molecule has 0 radical (unpaired) electrons. The smallest absolute Gasteiger partial charge is 0.200 e. The van der Waals surface area contributed by atoms with Crippen molar-refractivity contribution < 1.29 is 4.42 Å². The van der Waals surface area contributed by atoms with E-state index in [0.717, 1.165) is 5.03 Å². The van der Waals surface area contributed by atoms with Crippen molar-refractivity contribution in [2.24, 2.45) is 7.05 Å². The molecule has 0 spiro atoms. The van der Waals surface area contributed by atoms with Crippen molar-refractivity contribution in [3.8, 4) is 17.7 Å². The molecule has 0 saturated carbocycles. The molecule has 3 aromatic rings. The third-order valence-corrected chi connectivity index (χ3v) is 3.63. The van der Waals surface area contributed by atoms with Crippen LogP contribution in [0.3, 0.4) is 0 Å². The summed E-state index contributed by atoms with van der Waals surface area (Å²) in [5, 5.41) is 18.4. The van der Waals surface area contributed by atoms with Crippen LogP contribution in [0.5, 0.6) is 0 Å². The second-order valence-electron chi connectivity index (χ2n) is 3.94. The molecule has 0 aliphatic carbocycles. The highest BCUT2D eigenvalue weighted by Crippen LogP contribution is 2.27. The number of furan rings is 1. The van der Waals surface area contributed by atoms with Crippen molar-refractivity contribution in [3.05, 3.63) is 42.3 Å². The van der Waals surface area contributed by atoms with Crippen LogP contribution < -0.4 is 0 Å². The van der Waals surface area contributed by atoms with Crippen LogP contribution in [0, 0.1) is 11.3 Å². The highest BCUT2D eigenvalue weighted by atomic mass is 32.2. The topological polar surface area (TPSA) is 80.5 Å². The normalized spacial score (nSPS) is 10.4. The Labute approximate surface area is 119 Å². The molecule has 6 nitrogen and oxygen atoms in total. The molecule has 98 valence electrons. The maximum atomic E-state index is 8.74. The lowest BCUT2D eigenvalue weighted by Gasteiger charge is -2.01. The first kappa shape index (κ1) is 12.4. The number of pyridine rings is 1. The van der Waals surface area contributed by atoms with Crippen LogP contribution in [0.4, 0.5) is 0 Å². The summed E-state index contributed by atoms with van der Waals surface area (Å²) in [4.78, 5) is 4.19. The molecule has 0 N–H and O–H groups in total. The molecule has 7 heteroatoms. The summed E-state index contributed by atoms with van der Waals surface area (Å²) >= 11 is 1.38. The van der Waals surface area contributed by atoms with E-state index in [1.54, 1.807) is 24.5 Å². The maximum Gasteiger partial charge on any atom is 0.200 e. The van der Waals surface area contributed by atoms with Crippen molar-refractivity contribution in [1.29, 1.82) is 5.26 Å². The number of aromatic nitrogens is 4. The van der Waals surface area contributed by atoms with E-state index in [2.05, 4.69) is 15.2 Å². The molecule has 3 rings (SSSR count). The molecule has 0 amide bonds. The van der Waals surface area contributed by atoms with Crippen molar-refractivity contribution in [2.75, 3.05) is 0 Å². The molecule has 0 unspecified atom stereocenters. The Balaban J connectivity index is 1.86. The number of hydrogen-bond donors (Lipinski definition) is 0. The zero-order valence-electron chi connectivity index (χ0n) is 10.5. The zero-order chi connectivity index (χ0) is 13.9. The molecule has 0 aliphatic rings. The van der Waals surface area contributed by atoms with Gasteiger partial charge in [0.1, 0.15) is 11.1 Å². The number of rotatable bonds is 3. The third-order valence-electron chi connectivity index (χ3n) is 2.64. The van der Waals surface area contributed by atoms with Crippen molar-refractivity contribution in [3.63, 3.8) is 0 Å². The standard InChI is InChI=1S/C13H9N5OS/c1-18-12(10-3-2-6-19-10)16-17-13(18)20-11-5-4-9(7-14)8-15-11/h2-6,8H,1H3. The van der Waals surface area contributed by atoms with Crippen LogP contribution in [0.15, 0.2) is 51.3 Å². The first-order valence-electron chi connectivity index (χ1n) is 5.75. The molecular weight excluding hydrogens is 274 g/mol. The predicted octanol–water partition coefficient (Wildman–Crippen LogP) is 2.49. The zero-order valence-corrected chi connectivity index (χ0v) is 11.3. The van der Waals surface area contributed by atoms with Crippen LogP contribution in [0.25, 0.3) is 11.6 Å². The van der Waals surface area contributed by atoms with Gasteiger partial charge in [0.15, 0.2) is 16.7 Å². The van der Waals surface area contributed by atoms with Gasteiger partial charge in [0, 0.05) is 13.2 Å². The minimum Gasteiger partial charge on any atom is -0.461 e. The molecule has 0 atom stereocenters. The average Bonchev–Trinajstić information content (AvgIpc) is 3.11. The van der Waals surface area contributed by atoms with Gasteiger partial charge >= 0.3 is 0 Å². The second kappa shape index (κ2) is 5.19. The summed E-state index contributed by atoms with van der Waals surface area (Å²) < 4.78 is 7.15. The minimum atomic E-state index is 0.531. The SMILES string of the molecule is Cn1c(Sc2ccc(C#N)cn2)nnc1-c1ccco1. The predicted molar refractivity (Wildman–Crippen MR) is 71.8 cm³/mol. The van der Waals surface area contributed by atoms with E-state index in [-0.39, 0.29) is 0 Å². The van der Waals surface area contributed by atoms with Gasteiger partial charge in [-0.3, -0.25) is 0 Å². The summed E-state index contributed by atoms with van der Waals surface area (Å²) in [6.07, 6.45) is 3.13. The molecule has 0 aliphatic heterocycles. The van der Waals surface area contributed by atoms with E-state index < -0.39 is 0 Å². The van der Waals surface area contributed by atoms with Crippen molar-refractivity contribution >= 4 is 11.8 Å². The van der Waals surface area contributed by atoms with E-state index >= 15 is 0 Å². The van der Waals surface area contributed by atoms with Gasteiger partial charge in [0.05, 0.1) is 11.8 Å². The lowest BCUT2D eigenvalue weighted by atomic mass is 10.3. The van der Waals surface area contributed by atoms with E-state index in [9.17, 15) is 0 Å². The molecule has 20 heavy (non-hydrogen) atoms. The first-order chi connectivity index (χ1) is 9.78. The van der Waals surface area contributed by atoms with Gasteiger partial charge in [-0.05, 0) is 36.0 Å². The van der Waals surface area contributed by atoms with Crippen LogP contribution in [-0.2, 0) is 7.05 Å². The van der Waals surface area contributed by atoms with E-state index in [4.69, 9.17) is 9.68 Å². The fourth-order valence-electron chi connectivity index (χ4n) is 1.62. The largest absolute Gasteiger partial charge is 0.461 e. The molecule has 3 heterocycles. The van der Waals surface area contributed by atoms with Gasteiger partial charge < -0.3 is 8.98 Å². The van der Waals surface area contributed by atoms with Crippen LogP contribution in [-0.4, -0.2) is 19.7 Å².